The number of piperazine rings is 2. The van der Waals surface area contributed by atoms with Crippen LogP contribution in [-0.4, -0.2) is 90.9 Å². The summed E-state index contributed by atoms with van der Waals surface area (Å²) in [5, 5.41) is 3.20. The van der Waals surface area contributed by atoms with E-state index >= 15 is 0 Å². The fraction of sp³-hybridized carbons (Fsp3) is 0.441. The molecule has 15 heteroatoms. The molecule has 1 N–H and O–H groups in total. The number of anilines is 3. The average molecular weight is 712 g/mol. The number of benzene rings is 3. The molecule has 3 aromatic rings. The molecule has 1 amide bonds. The number of hydrogen-bond acceptors (Lipinski definition) is 7. The molecule has 0 spiro atoms. The van der Waals surface area contributed by atoms with Gasteiger partial charge in [0.05, 0.1) is 21.6 Å². The molecule has 3 heterocycles. The number of carbonyl (C=O) groups is 1. The van der Waals surface area contributed by atoms with E-state index in [1.54, 1.807) is 17.0 Å². The Labute approximate surface area is 282 Å². The van der Waals surface area contributed by atoms with E-state index in [1.165, 1.54) is 30.3 Å². The van der Waals surface area contributed by atoms with Crippen molar-refractivity contribution in [1.29, 1.82) is 0 Å². The van der Waals surface area contributed by atoms with E-state index in [2.05, 4.69) is 15.1 Å². The molecule has 49 heavy (non-hydrogen) atoms. The van der Waals surface area contributed by atoms with Crippen LogP contribution in [0.3, 0.4) is 0 Å². The van der Waals surface area contributed by atoms with E-state index in [0.29, 0.717) is 37.4 Å². The molecule has 3 saturated heterocycles. The number of rotatable bonds is 5. The molecule has 0 saturated carbocycles. The molecule has 0 atom stereocenters. The lowest BCUT2D eigenvalue weighted by atomic mass is 10.1. The summed E-state index contributed by atoms with van der Waals surface area (Å²) in [5.41, 5.74) is 1.37. The maximum Gasteiger partial charge on any atom is 0.416 e. The van der Waals surface area contributed by atoms with Gasteiger partial charge < -0.3 is 24.9 Å². The van der Waals surface area contributed by atoms with E-state index < -0.39 is 33.3 Å². The molecule has 8 nitrogen and oxygen atoms in total. The molecular formula is C34H39F6N5O3S. The zero-order valence-corrected chi connectivity index (χ0v) is 27.8. The molecule has 3 aliphatic heterocycles. The summed E-state index contributed by atoms with van der Waals surface area (Å²) >= 11 is 0. The van der Waals surface area contributed by atoms with Crippen molar-refractivity contribution >= 4 is 32.8 Å². The number of carbonyl (C=O) groups excluding carboxylic acids is 1. The first-order valence-electron chi connectivity index (χ1n) is 16.0. The molecule has 0 bridgehead atoms. The Morgan fingerprint density at radius 2 is 1.10 bits per heavy atom. The third-order valence-electron chi connectivity index (χ3n) is 8.88. The van der Waals surface area contributed by atoms with Crippen LogP contribution < -0.4 is 20.0 Å². The second-order valence-electron chi connectivity index (χ2n) is 12.3. The van der Waals surface area contributed by atoms with Gasteiger partial charge in [-0.25, -0.2) is 8.42 Å². The van der Waals surface area contributed by atoms with Gasteiger partial charge >= 0.3 is 12.4 Å². The van der Waals surface area contributed by atoms with Crippen LogP contribution in [0.1, 0.15) is 34.3 Å². The van der Waals surface area contributed by atoms with Crippen molar-refractivity contribution in [3.05, 3.63) is 83.4 Å². The minimum Gasteiger partial charge on any atom is -0.371 e. The van der Waals surface area contributed by atoms with Crippen LogP contribution in [0.4, 0.5) is 43.4 Å². The lowest BCUT2D eigenvalue weighted by Crippen LogP contribution is -2.49. The van der Waals surface area contributed by atoms with Gasteiger partial charge in [0.25, 0.3) is 5.91 Å². The van der Waals surface area contributed by atoms with Gasteiger partial charge in [0.1, 0.15) is 0 Å². The molecule has 3 aliphatic rings. The fourth-order valence-electron chi connectivity index (χ4n) is 6.13. The van der Waals surface area contributed by atoms with Gasteiger partial charge in [0.2, 0.25) is 0 Å². The Kier molecular flexibility index (Phi) is 11.0. The van der Waals surface area contributed by atoms with E-state index in [-0.39, 0.29) is 10.8 Å². The molecule has 266 valence electrons. The van der Waals surface area contributed by atoms with Crippen LogP contribution in [0.25, 0.3) is 0 Å². The van der Waals surface area contributed by atoms with Gasteiger partial charge in [-0.1, -0.05) is 0 Å². The van der Waals surface area contributed by atoms with Gasteiger partial charge in [0, 0.05) is 88.8 Å². The topological polar surface area (TPSA) is 76.2 Å². The summed E-state index contributed by atoms with van der Waals surface area (Å²) in [6.45, 7) is 6.80. The largest absolute Gasteiger partial charge is 0.416 e. The van der Waals surface area contributed by atoms with Crippen molar-refractivity contribution in [2.45, 2.75) is 30.1 Å². The van der Waals surface area contributed by atoms with Crippen LogP contribution in [0.2, 0.25) is 0 Å². The second kappa shape index (κ2) is 14.9. The first-order valence-corrected chi connectivity index (χ1v) is 17.9. The first kappa shape index (κ1) is 36.3. The molecular weight excluding hydrogens is 672 g/mol. The summed E-state index contributed by atoms with van der Waals surface area (Å²) < 4.78 is 99.6. The van der Waals surface area contributed by atoms with Crippen LogP contribution in [0, 0.1) is 0 Å². The Balaban J connectivity index is 0.000000244. The highest BCUT2D eigenvalue weighted by Gasteiger charge is 2.32. The number of hydrogen-bond donors (Lipinski definition) is 1. The van der Waals surface area contributed by atoms with Crippen LogP contribution >= 0.6 is 0 Å². The molecule has 0 radical (unpaired) electrons. The number of amides is 1. The molecule has 3 aromatic carbocycles. The Morgan fingerprint density at radius 1 is 0.633 bits per heavy atom. The first-order chi connectivity index (χ1) is 23.1. The van der Waals surface area contributed by atoms with Gasteiger partial charge in [-0.3, -0.25) is 4.79 Å². The van der Waals surface area contributed by atoms with Crippen molar-refractivity contribution in [2.24, 2.45) is 0 Å². The predicted molar refractivity (Wildman–Crippen MR) is 177 cm³/mol. The normalized spacial score (nSPS) is 17.5. The average Bonchev–Trinajstić information content (AvgIpc) is 3.63. The Morgan fingerprint density at radius 3 is 1.55 bits per heavy atom. The highest BCUT2D eigenvalue weighted by Crippen LogP contribution is 2.33. The molecule has 0 unspecified atom stereocenters. The smallest absolute Gasteiger partial charge is 0.371 e. The maximum absolute atomic E-state index is 13.4. The van der Waals surface area contributed by atoms with E-state index in [1.807, 2.05) is 4.90 Å². The lowest BCUT2D eigenvalue weighted by molar-refractivity contribution is -0.138. The number of alkyl halides is 6. The third kappa shape index (κ3) is 9.18. The van der Waals surface area contributed by atoms with Crippen molar-refractivity contribution in [3.8, 4) is 0 Å². The SMILES string of the molecule is CS(=O)(=O)c1ccc(N2CCCC2)c(C(=O)N2CCN(c3ccc(C(F)(F)F)cc3)CC2)c1.FC(F)(F)c1ccc(N2CCNCC2)cc1. The number of nitrogens with zero attached hydrogens (tertiary/aromatic N) is 4. The summed E-state index contributed by atoms with van der Waals surface area (Å²) in [7, 11) is -3.47. The Bertz CT molecular complexity index is 1680. The minimum absolute atomic E-state index is 0.109. The molecule has 0 aliphatic carbocycles. The Hall–Kier alpha value is -3.98. The summed E-state index contributed by atoms with van der Waals surface area (Å²) in [6, 6.07) is 15.1. The molecule has 6 rings (SSSR count). The summed E-state index contributed by atoms with van der Waals surface area (Å²) in [4.78, 5) is 21.3. The summed E-state index contributed by atoms with van der Waals surface area (Å²) in [6.07, 6.45) is -5.46. The number of halogens is 6. The van der Waals surface area contributed by atoms with Crippen molar-refractivity contribution in [3.63, 3.8) is 0 Å². The molecule has 3 fully saturated rings. The highest BCUT2D eigenvalue weighted by atomic mass is 32.2. The molecule has 0 aromatic heterocycles. The zero-order valence-electron chi connectivity index (χ0n) is 27.0. The van der Waals surface area contributed by atoms with E-state index in [4.69, 9.17) is 0 Å². The minimum atomic E-state index is -4.38. The van der Waals surface area contributed by atoms with Gasteiger partial charge in [-0.2, -0.15) is 26.3 Å². The van der Waals surface area contributed by atoms with Gasteiger partial charge in [-0.15, -0.1) is 0 Å². The number of sulfone groups is 1. The monoisotopic (exact) mass is 711 g/mol. The van der Waals surface area contributed by atoms with E-state index in [0.717, 1.165) is 94.0 Å². The van der Waals surface area contributed by atoms with Gasteiger partial charge in [0.15, 0.2) is 9.84 Å². The second-order valence-corrected chi connectivity index (χ2v) is 14.3. The quantitative estimate of drug-likeness (QED) is 0.336. The fourth-order valence-corrected chi connectivity index (χ4v) is 6.78. The van der Waals surface area contributed by atoms with Crippen LogP contribution in [0.15, 0.2) is 71.6 Å². The summed E-state index contributed by atoms with van der Waals surface area (Å²) in [5.74, 6) is -0.227. The van der Waals surface area contributed by atoms with Crippen LogP contribution in [-0.2, 0) is 22.2 Å². The highest BCUT2D eigenvalue weighted by molar-refractivity contribution is 7.90. The van der Waals surface area contributed by atoms with Gasteiger partial charge in [-0.05, 0) is 79.6 Å². The maximum atomic E-state index is 13.4. The zero-order chi connectivity index (χ0) is 35.4. The third-order valence-corrected chi connectivity index (χ3v) is 9.99. The lowest BCUT2D eigenvalue weighted by Gasteiger charge is -2.37. The number of nitrogens with one attached hydrogen (secondary N) is 1. The van der Waals surface area contributed by atoms with Crippen LogP contribution in [0.5, 0.6) is 0 Å². The van der Waals surface area contributed by atoms with Crippen molar-refractivity contribution in [2.75, 3.05) is 86.4 Å². The van der Waals surface area contributed by atoms with Crippen molar-refractivity contribution < 1.29 is 39.6 Å². The predicted octanol–water partition coefficient (Wildman–Crippen LogP) is 5.79. The van der Waals surface area contributed by atoms with E-state index in [9.17, 15) is 39.6 Å². The standard InChI is InChI=1S/C23H26F3N3O3S.C11H13F3N2/c1-33(31,32)19-8-9-21(28-10-2-3-11-28)20(16-19)22(30)29-14-12-27(13-15-29)18-6-4-17(5-7-18)23(24,25)26;12-11(13,14)9-1-3-10(4-2-9)16-7-5-15-6-8-16/h4-9,16H,2-3,10-15H2,1H3;1-4,15H,5-8H2. The van der Waals surface area contributed by atoms with Crippen molar-refractivity contribution in [1.82, 2.24) is 10.2 Å².